The molecule has 1 fully saturated rings. The summed E-state index contributed by atoms with van der Waals surface area (Å²) in [6.07, 6.45) is 0.805. The lowest BCUT2D eigenvalue weighted by molar-refractivity contribution is -0.141. The van der Waals surface area contributed by atoms with Crippen LogP contribution in [-0.2, 0) is 6.18 Å². The highest BCUT2D eigenvalue weighted by molar-refractivity contribution is 5.97. The van der Waals surface area contributed by atoms with E-state index in [-0.39, 0.29) is 29.3 Å². The van der Waals surface area contributed by atoms with Gasteiger partial charge < -0.3 is 22.1 Å². The van der Waals surface area contributed by atoms with Crippen LogP contribution in [0.3, 0.4) is 0 Å². The van der Waals surface area contributed by atoms with Crippen LogP contribution in [0.5, 0.6) is 0 Å². The highest BCUT2D eigenvalue weighted by atomic mass is 19.4. The van der Waals surface area contributed by atoms with E-state index in [1.54, 1.807) is 6.07 Å². The van der Waals surface area contributed by atoms with Crippen LogP contribution >= 0.6 is 0 Å². The van der Waals surface area contributed by atoms with Crippen molar-refractivity contribution in [2.24, 2.45) is 11.5 Å². The lowest BCUT2D eigenvalue weighted by atomic mass is 9.91. The number of amides is 1. The van der Waals surface area contributed by atoms with Crippen LogP contribution in [0.1, 0.15) is 41.9 Å². The molecule has 0 saturated heterocycles. The normalized spacial score (nSPS) is 19.9. The molecule has 6 N–H and O–H groups in total. The molecule has 1 saturated carbocycles. The largest absolute Gasteiger partial charge is 0.433 e. The minimum atomic E-state index is -4.58. The molecule has 2 aromatic rings. The lowest BCUT2D eigenvalue weighted by Gasteiger charge is -2.30. The van der Waals surface area contributed by atoms with Crippen LogP contribution in [0.25, 0.3) is 0 Å². The Morgan fingerprint density at radius 1 is 1.21 bits per heavy atom. The van der Waals surface area contributed by atoms with Gasteiger partial charge in [-0.1, -0.05) is 18.9 Å². The van der Waals surface area contributed by atoms with Crippen LogP contribution in [0.2, 0.25) is 0 Å². The Hall–Kier alpha value is -2.88. The summed E-state index contributed by atoms with van der Waals surface area (Å²) < 4.78 is 38.6. The first-order valence-electron chi connectivity index (χ1n) is 8.87. The molecule has 28 heavy (non-hydrogen) atoms. The molecule has 1 aliphatic rings. The predicted octanol–water partition coefficient (Wildman–Crippen LogP) is 3.02. The maximum atomic E-state index is 12.9. The molecular formula is C18H21F3N6O. The summed E-state index contributed by atoms with van der Waals surface area (Å²) >= 11 is 0. The Balaban J connectivity index is 1.87. The second-order valence-corrected chi connectivity index (χ2v) is 6.71. The predicted molar refractivity (Wildman–Crippen MR) is 99.1 cm³/mol. The number of pyridine rings is 2. The van der Waals surface area contributed by atoms with Crippen LogP contribution in [0.15, 0.2) is 30.5 Å². The Kier molecular flexibility index (Phi) is 5.68. The number of hydrogen-bond acceptors (Lipinski definition) is 6. The first-order chi connectivity index (χ1) is 13.2. The lowest BCUT2D eigenvalue weighted by Crippen LogP contribution is -2.42. The number of anilines is 3. The second-order valence-electron chi connectivity index (χ2n) is 6.71. The van der Waals surface area contributed by atoms with Crippen molar-refractivity contribution in [2.45, 2.75) is 43.9 Å². The zero-order valence-corrected chi connectivity index (χ0v) is 15.0. The van der Waals surface area contributed by atoms with Gasteiger partial charge in [-0.25, -0.2) is 9.97 Å². The summed E-state index contributed by atoms with van der Waals surface area (Å²) in [4.78, 5) is 19.3. The van der Waals surface area contributed by atoms with Gasteiger partial charge in [0.25, 0.3) is 5.91 Å². The summed E-state index contributed by atoms with van der Waals surface area (Å²) in [5, 5.41) is 5.99. The Bertz CT molecular complexity index is 857. The fraction of sp³-hybridized carbons (Fsp3) is 0.389. The fourth-order valence-corrected chi connectivity index (χ4v) is 3.19. The van der Waals surface area contributed by atoms with E-state index in [4.69, 9.17) is 11.5 Å². The van der Waals surface area contributed by atoms with E-state index in [1.165, 1.54) is 18.3 Å². The highest BCUT2D eigenvalue weighted by Gasteiger charge is 2.32. The molecule has 2 heterocycles. The summed E-state index contributed by atoms with van der Waals surface area (Å²) in [7, 11) is 0. The van der Waals surface area contributed by atoms with E-state index >= 15 is 0 Å². The van der Waals surface area contributed by atoms with Crippen molar-refractivity contribution in [3.05, 3.63) is 41.9 Å². The molecular weight excluding hydrogens is 373 g/mol. The van der Waals surface area contributed by atoms with Crippen molar-refractivity contribution in [3.63, 3.8) is 0 Å². The van der Waals surface area contributed by atoms with E-state index in [2.05, 4.69) is 20.6 Å². The van der Waals surface area contributed by atoms with Gasteiger partial charge >= 0.3 is 6.18 Å². The molecule has 1 amide bonds. The number of halogens is 3. The average molecular weight is 394 g/mol. The van der Waals surface area contributed by atoms with E-state index < -0.39 is 17.8 Å². The summed E-state index contributed by atoms with van der Waals surface area (Å²) in [6.45, 7) is 0. The van der Waals surface area contributed by atoms with Gasteiger partial charge in [-0.15, -0.1) is 0 Å². The molecule has 150 valence electrons. The molecule has 1 aliphatic carbocycles. The molecule has 0 bridgehead atoms. The fourth-order valence-electron chi connectivity index (χ4n) is 3.19. The Morgan fingerprint density at radius 2 is 1.96 bits per heavy atom. The minimum absolute atomic E-state index is 0.00823. The van der Waals surface area contributed by atoms with Crippen LogP contribution in [-0.4, -0.2) is 28.0 Å². The third kappa shape index (κ3) is 4.69. The monoisotopic (exact) mass is 394 g/mol. The van der Waals surface area contributed by atoms with Gasteiger partial charge in [0.2, 0.25) is 0 Å². The number of hydrogen-bond donors (Lipinski definition) is 4. The van der Waals surface area contributed by atoms with E-state index in [9.17, 15) is 18.0 Å². The van der Waals surface area contributed by atoms with Gasteiger partial charge in [0.1, 0.15) is 11.5 Å². The first-order valence-corrected chi connectivity index (χ1v) is 8.87. The topological polar surface area (TPSA) is 119 Å². The average Bonchev–Trinajstić information content (AvgIpc) is 2.63. The number of aromatic nitrogens is 2. The SMILES string of the molecule is NC(=O)c1ncc(N[C@@H]2CCCC[C@@H]2N)cc1Nc1cccc(C(F)(F)F)n1. The molecule has 10 heteroatoms. The molecule has 0 aromatic carbocycles. The zero-order valence-electron chi connectivity index (χ0n) is 15.0. The molecule has 0 unspecified atom stereocenters. The van der Waals surface area contributed by atoms with E-state index in [1.807, 2.05) is 0 Å². The number of carbonyl (C=O) groups is 1. The number of carbonyl (C=O) groups excluding carboxylic acids is 1. The van der Waals surface area contributed by atoms with Gasteiger partial charge in [-0.2, -0.15) is 13.2 Å². The van der Waals surface area contributed by atoms with Crippen molar-refractivity contribution >= 4 is 23.1 Å². The summed E-state index contributed by atoms with van der Waals surface area (Å²) in [6, 6.07) is 5.05. The molecule has 2 atom stereocenters. The maximum absolute atomic E-state index is 12.9. The molecule has 7 nitrogen and oxygen atoms in total. The standard InChI is InChI=1S/C18H21F3N6O/c19-18(20,21)14-6-3-7-15(27-14)26-13-8-10(9-24-16(13)17(23)28)25-12-5-2-1-4-11(12)22/h3,6-9,11-12,25H,1-2,4-5,22H2,(H2,23,28)(H,26,27)/t11-,12+/m0/s1. The third-order valence-electron chi connectivity index (χ3n) is 4.59. The highest BCUT2D eigenvalue weighted by Crippen LogP contribution is 2.30. The van der Waals surface area contributed by atoms with Crippen LogP contribution in [0, 0.1) is 0 Å². The molecule has 2 aromatic heterocycles. The third-order valence-corrected chi connectivity index (χ3v) is 4.59. The maximum Gasteiger partial charge on any atom is 0.433 e. The number of nitrogens with two attached hydrogens (primary N) is 2. The summed E-state index contributed by atoms with van der Waals surface area (Å²) in [5.74, 6) is -0.888. The molecule has 0 aliphatic heterocycles. The van der Waals surface area contributed by atoms with Crippen LogP contribution in [0.4, 0.5) is 30.4 Å². The first kappa shape index (κ1) is 19.9. The van der Waals surface area contributed by atoms with Crippen molar-refractivity contribution in [1.29, 1.82) is 0 Å². The van der Waals surface area contributed by atoms with E-state index in [0.717, 1.165) is 31.7 Å². The van der Waals surface area contributed by atoms with Gasteiger partial charge in [-0.05, 0) is 31.0 Å². The number of nitrogens with one attached hydrogen (secondary N) is 2. The number of primary amides is 1. The number of rotatable bonds is 5. The second kappa shape index (κ2) is 8.01. The van der Waals surface area contributed by atoms with Crippen molar-refractivity contribution < 1.29 is 18.0 Å². The van der Waals surface area contributed by atoms with Gasteiger partial charge in [-0.3, -0.25) is 4.79 Å². The zero-order chi connectivity index (χ0) is 20.3. The van der Waals surface area contributed by atoms with E-state index in [0.29, 0.717) is 5.69 Å². The number of alkyl halides is 3. The van der Waals surface area contributed by atoms with Crippen molar-refractivity contribution in [2.75, 3.05) is 10.6 Å². The summed E-state index contributed by atoms with van der Waals surface area (Å²) in [5.41, 5.74) is 11.1. The molecule has 3 rings (SSSR count). The van der Waals surface area contributed by atoms with Gasteiger partial charge in [0.05, 0.1) is 17.6 Å². The Morgan fingerprint density at radius 3 is 2.64 bits per heavy atom. The Labute approximate surface area is 159 Å². The quantitative estimate of drug-likeness (QED) is 0.619. The molecule has 0 spiro atoms. The molecule has 0 radical (unpaired) electrons. The minimum Gasteiger partial charge on any atom is -0.379 e. The number of nitrogens with zero attached hydrogens (tertiary/aromatic N) is 2. The van der Waals surface area contributed by atoms with Crippen molar-refractivity contribution in [1.82, 2.24) is 9.97 Å². The van der Waals surface area contributed by atoms with Gasteiger partial charge in [0, 0.05) is 12.1 Å². The van der Waals surface area contributed by atoms with Crippen molar-refractivity contribution in [3.8, 4) is 0 Å². The van der Waals surface area contributed by atoms with Crippen LogP contribution < -0.4 is 22.1 Å². The van der Waals surface area contributed by atoms with Gasteiger partial charge in [0.15, 0.2) is 5.69 Å². The smallest absolute Gasteiger partial charge is 0.379 e.